The summed E-state index contributed by atoms with van der Waals surface area (Å²) < 4.78 is 0. The highest BCUT2D eigenvalue weighted by molar-refractivity contribution is 5.46. The van der Waals surface area contributed by atoms with Crippen molar-refractivity contribution in [2.45, 2.75) is 37.8 Å². The third-order valence-corrected chi connectivity index (χ3v) is 2.38. The summed E-state index contributed by atoms with van der Waals surface area (Å²) in [6.07, 6.45) is 5.66. The molecule has 3 rings (SSSR count). The van der Waals surface area contributed by atoms with Crippen molar-refractivity contribution in [3.63, 3.8) is 0 Å². The van der Waals surface area contributed by atoms with Crippen molar-refractivity contribution in [1.82, 2.24) is 5.06 Å². The van der Waals surface area contributed by atoms with Gasteiger partial charge in [-0.15, -0.1) is 0 Å². The quantitative estimate of drug-likeness (QED) is 0.503. The molecule has 0 radical (unpaired) electrons. The zero-order chi connectivity index (χ0) is 6.97. The number of amides is 1. The Morgan fingerprint density at radius 2 is 2.00 bits per heavy atom. The average Bonchev–Trinajstić information content (AvgIpc) is 2.06. The van der Waals surface area contributed by atoms with E-state index in [1.165, 1.54) is 5.06 Å². The molecular formula is C7H11NO2. The van der Waals surface area contributed by atoms with Gasteiger partial charge >= 0.3 is 0 Å². The third-order valence-electron chi connectivity index (χ3n) is 2.38. The van der Waals surface area contributed by atoms with Gasteiger partial charge in [0.15, 0.2) is 0 Å². The fraction of sp³-hybridized carbons (Fsp3) is 0.857. The van der Waals surface area contributed by atoms with Crippen LogP contribution in [0.5, 0.6) is 0 Å². The first-order valence-electron chi connectivity index (χ1n) is 3.80. The van der Waals surface area contributed by atoms with Gasteiger partial charge < -0.3 is 0 Å². The number of hydroxylamine groups is 2. The van der Waals surface area contributed by atoms with Gasteiger partial charge in [0.2, 0.25) is 6.41 Å². The number of fused-ring (bicyclic) bond motifs is 3. The Kier molecular flexibility index (Phi) is 1.38. The van der Waals surface area contributed by atoms with Gasteiger partial charge in [-0.2, -0.15) is 0 Å². The predicted octanol–water partition coefficient (Wildman–Crippen LogP) is 0.701. The minimum Gasteiger partial charge on any atom is -0.276 e. The fourth-order valence-electron chi connectivity index (χ4n) is 1.77. The highest BCUT2D eigenvalue weighted by atomic mass is 16.7. The molecule has 2 heterocycles. The van der Waals surface area contributed by atoms with E-state index in [9.17, 15) is 4.79 Å². The van der Waals surface area contributed by atoms with Gasteiger partial charge in [0.25, 0.3) is 0 Å². The normalized spacial score (nSPS) is 38.2. The fourth-order valence-corrected chi connectivity index (χ4v) is 1.77. The number of carbonyl (C=O) groups excluding carboxylic acids is 1. The van der Waals surface area contributed by atoms with E-state index in [-0.39, 0.29) is 0 Å². The highest BCUT2D eigenvalue weighted by Crippen LogP contribution is 2.31. The first-order valence-corrected chi connectivity index (χ1v) is 3.80. The highest BCUT2D eigenvalue weighted by Gasteiger charge is 2.33. The van der Waals surface area contributed by atoms with Crippen LogP contribution in [0, 0.1) is 0 Å². The van der Waals surface area contributed by atoms with Crippen LogP contribution in [0.2, 0.25) is 0 Å². The summed E-state index contributed by atoms with van der Waals surface area (Å²) in [6, 6.07) is 0.377. The van der Waals surface area contributed by atoms with Gasteiger partial charge in [-0.1, -0.05) is 0 Å². The van der Waals surface area contributed by atoms with E-state index in [0.29, 0.717) is 12.1 Å². The topological polar surface area (TPSA) is 29.5 Å². The molecule has 0 aromatic heterocycles. The zero-order valence-corrected chi connectivity index (χ0v) is 5.82. The lowest BCUT2D eigenvalue weighted by atomic mass is 9.91. The molecule has 3 nitrogen and oxygen atoms in total. The molecule has 0 atom stereocenters. The van der Waals surface area contributed by atoms with Crippen molar-refractivity contribution >= 4 is 6.41 Å². The molecule has 2 bridgehead atoms. The van der Waals surface area contributed by atoms with E-state index < -0.39 is 0 Å². The number of hydrogen-bond donors (Lipinski definition) is 0. The minimum absolute atomic E-state index is 0.329. The van der Waals surface area contributed by atoms with Crippen LogP contribution in [-0.4, -0.2) is 23.6 Å². The third kappa shape index (κ3) is 0.814. The number of carbonyl (C=O) groups is 1. The molecule has 0 unspecified atom stereocenters. The molecule has 2 saturated heterocycles. The lowest BCUT2D eigenvalue weighted by molar-refractivity contribution is -0.254. The van der Waals surface area contributed by atoms with Crippen molar-refractivity contribution in [2.75, 3.05) is 0 Å². The van der Waals surface area contributed by atoms with Gasteiger partial charge in [0.05, 0.1) is 12.1 Å². The number of nitrogens with zero attached hydrogens (tertiary/aromatic N) is 1. The van der Waals surface area contributed by atoms with E-state index >= 15 is 0 Å². The molecule has 56 valence electrons. The van der Waals surface area contributed by atoms with Crippen LogP contribution >= 0.6 is 0 Å². The van der Waals surface area contributed by atoms with E-state index in [2.05, 4.69) is 0 Å². The van der Waals surface area contributed by atoms with E-state index in [1.54, 1.807) is 0 Å². The van der Waals surface area contributed by atoms with Crippen LogP contribution < -0.4 is 0 Å². The number of hydrogen-bond acceptors (Lipinski definition) is 2. The molecule has 0 N–H and O–H groups in total. The maximum absolute atomic E-state index is 10.4. The lowest BCUT2D eigenvalue weighted by Crippen LogP contribution is -2.47. The Hall–Kier alpha value is -0.570. The Morgan fingerprint density at radius 1 is 1.30 bits per heavy atom. The zero-order valence-electron chi connectivity index (χ0n) is 5.82. The van der Waals surface area contributed by atoms with Gasteiger partial charge in [-0.3, -0.25) is 9.63 Å². The van der Waals surface area contributed by atoms with Gasteiger partial charge in [-0.05, 0) is 25.7 Å². The molecule has 3 aliphatic rings. The van der Waals surface area contributed by atoms with E-state index in [4.69, 9.17) is 4.84 Å². The van der Waals surface area contributed by atoms with Gasteiger partial charge in [0, 0.05) is 0 Å². The molecule has 10 heavy (non-hydrogen) atoms. The molecule has 2 aliphatic heterocycles. The van der Waals surface area contributed by atoms with Crippen molar-refractivity contribution in [3.8, 4) is 0 Å². The van der Waals surface area contributed by atoms with Crippen LogP contribution in [0.15, 0.2) is 0 Å². The summed E-state index contributed by atoms with van der Waals surface area (Å²) in [7, 11) is 0. The van der Waals surface area contributed by atoms with Crippen molar-refractivity contribution in [1.29, 1.82) is 0 Å². The summed E-state index contributed by atoms with van der Waals surface area (Å²) in [5, 5.41) is 1.48. The van der Waals surface area contributed by atoms with Crippen LogP contribution in [0.4, 0.5) is 0 Å². The smallest absolute Gasteiger partial charge is 0.233 e. The summed E-state index contributed by atoms with van der Waals surface area (Å²) in [5.74, 6) is 0. The van der Waals surface area contributed by atoms with Crippen LogP contribution in [0.25, 0.3) is 0 Å². The second-order valence-electron chi connectivity index (χ2n) is 3.00. The Balaban J connectivity index is 2.07. The maximum Gasteiger partial charge on any atom is 0.233 e. The molecule has 0 spiro atoms. The lowest BCUT2D eigenvalue weighted by Gasteiger charge is -2.42. The molecule has 1 amide bonds. The first-order chi connectivity index (χ1) is 4.90. The van der Waals surface area contributed by atoms with E-state index in [0.717, 1.165) is 32.1 Å². The number of rotatable bonds is 1. The van der Waals surface area contributed by atoms with Crippen LogP contribution in [-0.2, 0) is 9.63 Å². The Labute approximate surface area is 59.9 Å². The molecule has 0 aromatic rings. The second-order valence-corrected chi connectivity index (χ2v) is 3.00. The van der Waals surface area contributed by atoms with Crippen molar-refractivity contribution in [2.24, 2.45) is 0 Å². The summed E-state index contributed by atoms with van der Waals surface area (Å²) in [6.45, 7) is 0. The van der Waals surface area contributed by atoms with Crippen molar-refractivity contribution < 1.29 is 9.63 Å². The molecule has 3 fully saturated rings. The van der Waals surface area contributed by atoms with E-state index in [1.807, 2.05) is 0 Å². The minimum atomic E-state index is 0.329. The summed E-state index contributed by atoms with van der Waals surface area (Å²) in [5.41, 5.74) is 0. The van der Waals surface area contributed by atoms with Crippen molar-refractivity contribution in [3.05, 3.63) is 0 Å². The van der Waals surface area contributed by atoms with Crippen LogP contribution in [0.1, 0.15) is 25.7 Å². The molecule has 0 aromatic carbocycles. The second kappa shape index (κ2) is 2.23. The Morgan fingerprint density at radius 3 is 2.30 bits per heavy atom. The van der Waals surface area contributed by atoms with Crippen LogP contribution in [0.3, 0.4) is 0 Å². The monoisotopic (exact) mass is 141 g/mol. The average molecular weight is 141 g/mol. The molecule has 1 saturated carbocycles. The molecule has 1 aliphatic carbocycles. The summed E-state index contributed by atoms with van der Waals surface area (Å²) >= 11 is 0. The largest absolute Gasteiger partial charge is 0.276 e. The standard InChI is InChI=1S/C7H11NO2/c9-5-8-6-1-3-7(10-8)4-2-6/h5-7H,1-4H2. The van der Waals surface area contributed by atoms with Gasteiger partial charge in [-0.25, -0.2) is 5.06 Å². The summed E-state index contributed by atoms with van der Waals surface area (Å²) in [4.78, 5) is 15.7. The first kappa shape index (κ1) is 6.16. The maximum atomic E-state index is 10.4. The Bertz CT molecular complexity index is 141. The molecule has 3 heteroatoms. The predicted molar refractivity (Wildman–Crippen MR) is 35.0 cm³/mol. The molecular weight excluding hydrogens is 130 g/mol. The SMILES string of the molecule is O=CN1OC2CCC1CC2. The van der Waals surface area contributed by atoms with Gasteiger partial charge in [0.1, 0.15) is 0 Å².